The van der Waals surface area contributed by atoms with E-state index in [-0.39, 0.29) is 40.4 Å². The van der Waals surface area contributed by atoms with Gasteiger partial charge in [-0.05, 0) is 49.7 Å². The maximum Gasteiger partial charge on any atom is 0.316 e. The molecule has 2 aliphatic heterocycles. The average Bonchev–Trinajstić information content (AvgIpc) is 3.50. The Kier molecular flexibility index (Phi) is 6.74. The van der Waals surface area contributed by atoms with E-state index >= 15 is 0 Å². The van der Waals surface area contributed by atoms with Gasteiger partial charge in [-0.2, -0.15) is 0 Å². The number of anilines is 2. The number of imide groups is 1. The highest BCUT2D eigenvalue weighted by Crippen LogP contribution is 2.77. The molecule has 0 unspecified atom stereocenters. The number of ether oxygens (including phenoxy) is 1. The lowest BCUT2D eigenvalue weighted by Crippen LogP contribution is -2.50. The molecule has 0 spiro atoms. The molecule has 6 rings (SSSR count). The van der Waals surface area contributed by atoms with Crippen molar-refractivity contribution in [2.75, 3.05) is 16.3 Å². The molecule has 2 aromatic carbocycles. The maximum atomic E-state index is 13.7. The number of halogens is 6. The monoisotopic (exact) mass is 674 g/mol. The topological polar surface area (TPSA) is 84.0 Å². The van der Waals surface area contributed by atoms with Crippen molar-refractivity contribution in [3.63, 3.8) is 0 Å². The van der Waals surface area contributed by atoms with Gasteiger partial charge in [-0.25, -0.2) is 4.90 Å². The molecule has 2 heterocycles. The highest BCUT2D eigenvalue weighted by Gasteiger charge is 2.87. The van der Waals surface area contributed by atoms with E-state index in [1.54, 1.807) is 11.8 Å². The molecule has 2 aliphatic carbocycles. The first kappa shape index (κ1) is 29.1. The van der Waals surface area contributed by atoms with E-state index in [1.165, 1.54) is 18.2 Å². The fourth-order valence-corrected chi connectivity index (χ4v) is 9.14. The highest BCUT2D eigenvalue weighted by atomic mass is 35.5. The Hall–Kier alpha value is -2.00. The number of nitrogens with zero attached hydrogens (tertiary/aromatic N) is 2. The molecule has 41 heavy (non-hydrogen) atoms. The van der Waals surface area contributed by atoms with Gasteiger partial charge in [0.15, 0.2) is 4.33 Å². The molecule has 0 radical (unpaired) electrons. The molecule has 0 N–H and O–H groups in total. The smallest absolute Gasteiger partial charge is 0.316 e. The fourth-order valence-electron chi connectivity index (χ4n) is 6.21. The Morgan fingerprint density at radius 1 is 0.878 bits per heavy atom. The summed E-state index contributed by atoms with van der Waals surface area (Å²) >= 11 is 39.4. The van der Waals surface area contributed by atoms with Crippen LogP contribution in [0.1, 0.15) is 17.5 Å². The SMILES string of the molecule is Cc1ccc(N2C[C@H](C(=O)Oc3ccc(N4C(=O)[C@@H]5[C@@H](C4=O)[C@@]4(Cl)C(Cl)=C(Cl)[C@@]5(Cl)C4(Cl)Cl)c(C)c3)CC2=O)cc1. The predicted octanol–water partition coefficient (Wildman–Crippen LogP) is 6.21. The molecule has 3 amide bonds. The number of amides is 3. The van der Waals surface area contributed by atoms with Crippen LogP contribution in [0.15, 0.2) is 52.5 Å². The summed E-state index contributed by atoms with van der Waals surface area (Å²) in [6.07, 6.45) is 0.0193. The van der Waals surface area contributed by atoms with Gasteiger partial charge in [-0.1, -0.05) is 64.1 Å². The van der Waals surface area contributed by atoms with Gasteiger partial charge < -0.3 is 9.64 Å². The molecule has 2 aromatic rings. The number of esters is 1. The molecule has 2 saturated heterocycles. The third-order valence-corrected chi connectivity index (χ3v) is 12.6. The number of hydrogen-bond donors (Lipinski definition) is 0. The van der Waals surface area contributed by atoms with Crippen molar-refractivity contribution in [3.05, 3.63) is 63.7 Å². The van der Waals surface area contributed by atoms with E-state index in [2.05, 4.69) is 0 Å². The number of aryl methyl sites for hydroxylation is 2. The molecular formula is C28H20Cl6N2O5. The van der Waals surface area contributed by atoms with Crippen molar-refractivity contribution in [1.29, 1.82) is 0 Å². The van der Waals surface area contributed by atoms with Crippen molar-refractivity contribution in [1.82, 2.24) is 0 Å². The lowest BCUT2D eigenvalue weighted by molar-refractivity contribution is -0.139. The summed E-state index contributed by atoms with van der Waals surface area (Å²) in [5.41, 5.74) is 2.46. The molecule has 4 aliphatic rings. The molecule has 7 nitrogen and oxygen atoms in total. The number of carbonyl (C=O) groups is 4. The van der Waals surface area contributed by atoms with E-state index < -0.39 is 49.6 Å². The maximum absolute atomic E-state index is 13.7. The van der Waals surface area contributed by atoms with E-state index in [0.717, 1.165) is 10.5 Å². The van der Waals surface area contributed by atoms with E-state index in [9.17, 15) is 19.2 Å². The average molecular weight is 677 g/mol. The quantitative estimate of drug-likeness (QED) is 0.166. The first-order valence-electron chi connectivity index (χ1n) is 12.5. The summed E-state index contributed by atoms with van der Waals surface area (Å²) in [4.78, 5) is 51.6. The van der Waals surface area contributed by atoms with Crippen LogP contribution in [0, 0.1) is 31.6 Å². The van der Waals surface area contributed by atoms with Crippen LogP contribution in [0.5, 0.6) is 5.75 Å². The molecular weight excluding hydrogens is 657 g/mol. The van der Waals surface area contributed by atoms with Crippen molar-refractivity contribution in [2.45, 2.75) is 34.3 Å². The number of benzene rings is 2. The van der Waals surface area contributed by atoms with Gasteiger partial charge >= 0.3 is 5.97 Å². The van der Waals surface area contributed by atoms with Crippen LogP contribution >= 0.6 is 69.6 Å². The first-order valence-corrected chi connectivity index (χ1v) is 14.8. The van der Waals surface area contributed by atoms with Crippen molar-refractivity contribution in [3.8, 4) is 5.75 Å². The predicted molar refractivity (Wildman–Crippen MR) is 158 cm³/mol. The fraction of sp³-hybridized carbons (Fsp3) is 0.357. The Labute approximate surface area is 265 Å². The zero-order chi connectivity index (χ0) is 29.8. The van der Waals surface area contributed by atoms with Gasteiger partial charge in [0.1, 0.15) is 15.5 Å². The Bertz CT molecular complexity index is 1550. The van der Waals surface area contributed by atoms with Crippen LogP contribution in [0.2, 0.25) is 0 Å². The van der Waals surface area contributed by atoms with Crippen LogP contribution in [0.4, 0.5) is 11.4 Å². The normalized spacial score (nSPS) is 31.9. The minimum atomic E-state index is -2.02. The first-order chi connectivity index (χ1) is 19.2. The summed E-state index contributed by atoms with van der Waals surface area (Å²) in [5, 5.41) is -0.342. The Morgan fingerprint density at radius 2 is 1.44 bits per heavy atom. The van der Waals surface area contributed by atoms with E-state index in [1.807, 2.05) is 31.2 Å². The van der Waals surface area contributed by atoms with Crippen LogP contribution in [-0.4, -0.2) is 44.3 Å². The van der Waals surface area contributed by atoms with Gasteiger partial charge in [-0.3, -0.25) is 19.2 Å². The summed E-state index contributed by atoms with van der Waals surface area (Å²) in [7, 11) is 0. The summed E-state index contributed by atoms with van der Waals surface area (Å²) in [5.74, 6) is -5.09. The lowest BCUT2D eigenvalue weighted by atomic mass is 9.84. The second-order valence-corrected chi connectivity index (χ2v) is 14.0. The molecule has 214 valence electrons. The van der Waals surface area contributed by atoms with Crippen LogP contribution in [-0.2, 0) is 19.2 Å². The van der Waals surface area contributed by atoms with Gasteiger partial charge in [0.05, 0.1) is 33.5 Å². The number of rotatable bonds is 4. The molecule has 2 bridgehead atoms. The highest BCUT2D eigenvalue weighted by molar-refractivity contribution is 6.67. The van der Waals surface area contributed by atoms with Gasteiger partial charge in [0, 0.05) is 18.7 Å². The lowest BCUT2D eigenvalue weighted by Gasteiger charge is -2.34. The minimum absolute atomic E-state index is 0.0193. The van der Waals surface area contributed by atoms with Crippen molar-refractivity contribution < 1.29 is 23.9 Å². The zero-order valence-electron chi connectivity index (χ0n) is 21.4. The van der Waals surface area contributed by atoms with E-state index in [0.29, 0.717) is 11.3 Å². The second-order valence-electron chi connectivity index (χ2n) is 10.7. The van der Waals surface area contributed by atoms with Gasteiger partial charge in [0.25, 0.3) is 0 Å². The largest absolute Gasteiger partial charge is 0.426 e. The Morgan fingerprint density at radius 3 is 1.98 bits per heavy atom. The number of hydrogen-bond acceptors (Lipinski definition) is 5. The summed E-state index contributed by atoms with van der Waals surface area (Å²) in [6.45, 7) is 3.79. The molecule has 1 saturated carbocycles. The molecule has 13 heteroatoms. The second kappa shape index (κ2) is 9.50. The van der Waals surface area contributed by atoms with Gasteiger partial charge in [-0.15, -0.1) is 23.2 Å². The minimum Gasteiger partial charge on any atom is -0.426 e. The number of alkyl halides is 4. The zero-order valence-corrected chi connectivity index (χ0v) is 25.9. The summed E-state index contributed by atoms with van der Waals surface area (Å²) < 4.78 is 3.56. The van der Waals surface area contributed by atoms with Crippen LogP contribution in [0.25, 0.3) is 0 Å². The van der Waals surface area contributed by atoms with Crippen LogP contribution in [0.3, 0.4) is 0 Å². The molecule has 3 fully saturated rings. The van der Waals surface area contributed by atoms with Crippen molar-refractivity contribution in [2.24, 2.45) is 17.8 Å². The van der Waals surface area contributed by atoms with Crippen LogP contribution < -0.4 is 14.5 Å². The number of carbonyl (C=O) groups excluding carboxylic acids is 4. The van der Waals surface area contributed by atoms with Crippen molar-refractivity contribution >= 4 is 105 Å². The Balaban J connectivity index is 1.21. The standard InChI is InChI=1S/C28H20Cl6N2O5/c1-12-3-5-15(6-4-12)35-11-14(10-18(35)37)25(40)41-16-7-8-17(13(2)9-16)36-23(38)19-20(24(36)39)27(32)22(30)21(29)26(19,31)28(27,33)34/h3-9,14,19-20H,10-11H2,1-2H3/t14-,19+,20+,26-,27-/m1/s1. The van der Waals surface area contributed by atoms with Gasteiger partial charge in [0.2, 0.25) is 17.7 Å². The third-order valence-electron chi connectivity index (χ3n) is 8.34. The van der Waals surface area contributed by atoms with E-state index in [4.69, 9.17) is 74.3 Å². The summed E-state index contributed by atoms with van der Waals surface area (Å²) in [6, 6.07) is 11.9. The molecule has 0 aromatic heterocycles. The molecule has 5 atom stereocenters. The number of allylic oxidation sites excluding steroid dienone is 2. The third kappa shape index (κ3) is 3.72. The number of fused-ring (bicyclic) bond motifs is 5.